The quantitative estimate of drug-likeness (QED) is 0.639. The number of alkyl halides is 2. The summed E-state index contributed by atoms with van der Waals surface area (Å²) >= 11 is 0. The maximum absolute atomic E-state index is 14.3. The van der Waals surface area contributed by atoms with Crippen LogP contribution < -0.4 is 14.8 Å². The number of aromatic nitrogens is 1. The van der Waals surface area contributed by atoms with E-state index in [1.54, 1.807) is 36.7 Å². The van der Waals surface area contributed by atoms with Gasteiger partial charge < -0.3 is 14.8 Å². The summed E-state index contributed by atoms with van der Waals surface area (Å²) in [5, 5.41) is 5.07. The SMILES string of the molecule is Fc1ccc2cnccc2c1CN[C@@H]1CC[C@H]1Oc1cccc(OC(F)F)c1. The number of nitrogens with zero attached hydrogens (tertiary/aromatic N) is 1. The fourth-order valence-electron chi connectivity index (χ4n) is 3.36. The Morgan fingerprint density at radius 2 is 1.96 bits per heavy atom. The smallest absolute Gasteiger partial charge is 0.387 e. The summed E-state index contributed by atoms with van der Waals surface area (Å²) in [5.41, 5.74) is 0.595. The summed E-state index contributed by atoms with van der Waals surface area (Å²) in [5.74, 6) is 0.264. The lowest BCUT2D eigenvalue weighted by Crippen LogP contribution is -2.50. The number of rotatable bonds is 7. The van der Waals surface area contributed by atoms with E-state index in [1.165, 1.54) is 18.2 Å². The molecule has 4 nitrogen and oxygen atoms in total. The standard InChI is InChI=1S/C21H19F3N2O2/c22-18-5-4-13-11-25-9-8-16(13)17(18)12-26-19-6-7-20(19)27-14-2-1-3-15(10-14)28-21(23)24/h1-5,8-11,19-21,26H,6-7,12H2/t19-,20-/m1/s1. The third kappa shape index (κ3) is 4.04. The Morgan fingerprint density at radius 3 is 2.75 bits per heavy atom. The van der Waals surface area contributed by atoms with Crippen LogP contribution in [0, 0.1) is 5.82 Å². The highest BCUT2D eigenvalue weighted by molar-refractivity contribution is 5.84. The van der Waals surface area contributed by atoms with Crippen molar-refractivity contribution in [3.63, 3.8) is 0 Å². The minimum atomic E-state index is -2.88. The first-order valence-electron chi connectivity index (χ1n) is 9.06. The molecule has 0 saturated heterocycles. The molecule has 3 aromatic rings. The first-order valence-corrected chi connectivity index (χ1v) is 9.06. The average Bonchev–Trinajstić information content (AvgIpc) is 2.67. The highest BCUT2D eigenvalue weighted by Crippen LogP contribution is 2.29. The highest BCUT2D eigenvalue weighted by Gasteiger charge is 2.32. The van der Waals surface area contributed by atoms with E-state index in [0.717, 1.165) is 23.6 Å². The van der Waals surface area contributed by atoms with Gasteiger partial charge in [0.2, 0.25) is 0 Å². The van der Waals surface area contributed by atoms with Crippen LogP contribution in [0.3, 0.4) is 0 Å². The Hall–Kier alpha value is -2.80. The van der Waals surface area contributed by atoms with Gasteiger partial charge in [-0.05, 0) is 48.6 Å². The molecule has 1 aliphatic rings. The van der Waals surface area contributed by atoms with E-state index in [9.17, 15) is 13.2 Å². The molecule has 7 heteroatoms. The highest BCUT2D eigenvalue weighted by atomic mass is 19.3. The van der Waals surface area contributed by atoms with Crippen LogP contribution in [0.2, 0.25) is 0 Å². The van der Waals surface area contributed by atoms with Gasteiger partial charge in [-0.15, -0.1) is 0 Å². The second-order valence-corrected chi connectivity index (χ2v) is 6.70. The van der Waals surface area contributed by atoms with Crippen LogP contribution in [-0.2, 0) is 6.54 Å². The molecule has 0 amide bonds. The molecule has 0 radical (unpaired) electrons. The van der Waals surface area contributed by atoms with E-state index >= 15 is 0 Å². The fourth-order valence-corrected chi connectivity index (χ4v) is 3.36. The van der Waals surface area contributed by atoms with Gasteiger partial charge in [-0.1, -0.05) is 6.07 Å². The molecule has 4 rings (SSSR count). The molecular weight excluding hydrogens is 369 g/mol. The van der Waals surface area contributed by atoms with Gasteiger partial charge in [-0.2, -0.15) is 8.78 Å². The van der Waals surface area contributed by atoms with Crippen molar-refractivity contribution in [2.24, 2.45) is 0 Å². The summed E-state index contributed by atoms with van der Waals surface area (Å²) in [6, 6.07) is 11.2. The summed E-state index contributed by atoms with van der Waals surface area (Å²) < 4.78 is 49.3. The van der Waals surface area contributed by atoms with Gasteiger partial charge in [0.1, 0.15) is 23.4 Å². The van der Waals surface area contributed by atoms with Crippen molar-refractivity contribution in [3.05, 3.63) is 66.2 Å². The molecule has 1 aromatic heterocycles. The number of hydrogen-bond acceptors (Lipinski definition) is 4. The number of hydrogen-bond donors (Lipinski definition) is 1. The summed E-state index contributed by atoms with van der Waals surface area (Å²) in [6.45, 7) is -2.51. The molecular formula is C21H19F3N2O2. The summed E-state index contributed by atoms with van der Waals surface area (Å²) in [4.78, 5) is 4.07. The van der Waals surface area contributed by atoms with E-state index in [1.807, 2.05) is 0 Å². The number of halogens is 3. The van der Waals surface area contributed by atoms with Gasteiger partial charge in [-0.3, -0.25) is 4.98 Å². The van der Waals surface area contributed by atoms with Gasteiger partial charge >= 0.3 is 6.61 Å². The zero-order valence-corrected chi connectivity index (χ0v) is 14.9. The zero-order valence-electron chi connectivity index (χ0n) is 14.9. The van der Waals surface area contributed by atoms with E-state index in [0.29, 0.717) is 17.9 Å². The predicted octanol–water partition coefficient (Wildman–Crippen LogP) is 4.67. The van der Waals surface area contributed by atoms with Gasteiger partial charge in [0.25, 0.3) is 0 Å². The lowest BCUT2D eigenvalue weighted by Gasteiger charge is -2.37. The third-order valence-electron chi connectivity index (χ3n) is 4.94. The zero-order chi connectivity index (χ0) is 19.5. The fraction of sp³-hybridized carbons (Fsp3) is 0.286. The van der Waals surface area contributed by atoms with Crippen molar-refractivity contribution < 1.29 is 22.6 Å². The second-order valence-electron chi connectivity index (χ2n) is 6.70. The van der Waals surface area contributed by atoms with Crippen molar-refractivity contribution in [2.75, 3.05) is 0 Å². The summed E-state index contributed by atoms with van der Waals surface area (Å²) in [6.07, 6.45) is 4.98. The van der Waals surface area contributed by atoms with Crippen molar-refractivity contribution >= 4 is 10.8 Å². The molecule has 1 N–H and O–H groups in total. The largest absolute Gasteiger partial charge is 0.489 e. The van der Waals surface area contributed by atoms with E-state index in [-0.39, 0.29) is 23.7 Å². The van der Waals surface area contributed by atoms with Crippen molar-refractivity contribution in [3.8, 4) is 11.5 Å². The molecule has 1 fully saturated rings. The molecule has 1 heterocycles. The summed E-state index contributed by atoms with van der Waals surface area (Å²) in [7, 11) is 0. The number of ether oxygens (including phenoxy) is 2. The predicted molar refractivity (Wildman–Crippen MR) is 99.1 cm³/mol. The van der Waals surface area contributed by atoms with Crippen LogP contribution in [-0.4, -0.2) is 23.7 Å². The monoisotopic (exact) mass is 388 g/mol. The molecule has 2 aromatic carbocycles. The molecule has 1 saturated carbocycles. The lowest BCUT2D eigenvalue weighted by molar-refractivity contribution is -0.0500. The molecule has 2 atom stereocenters. The van der Waals surface area contributed by atoms with Crippen LogP contribution in [0.15, 0.2) is 54.9 Å². The number of nitrogens with one attached hydrogen (secondary N) is 1. The van der Waals surface area contributed by atoms with Crippen LogP contribution in [0.25, 0.3) is 10.8 Å². The molecule has 28 heavy (non-hydrogen) atoms. The third-order valence-corrected chi connectivity index (χ3v) is 4.94. The first kappa shape index (κ1) is 18.6. The topological polar surface area (TPSA) is 43.4 Å². The van der Waals surface area contributed by atoms with Crippen LogP contribution in [0.5, 0.6) is 11.5 Å². The molecule has 0 aliphatic heterocycles. The van der Waals surface area contributed by atoms with E-state index in [2.05, 4.69) is 15.0 Å². The van der Waals surface area contributed by atoms with Gasteiger partial charge in [0, 0.05) is 42.0 Å². The Labute approximate surface area is 160 Å². The van der Waals surface area contributed by atoms with E-state index in [4.69, 9.17) is 4.74 Å². The Kier molecular flexibility index (Phi) is 5.34. The van der Waals surface area contributed by atoms with E-state index < -0.39 is 6.61 Å². The van der Waals surface area contributed by atoms with Crippen LogP contribution in [0.4, 0.5) is 13.2 Å². The number of fused-ring (bicyclic) bond motifs is 1. The maximum atomic E-state index is 14.3. The number of pyridine rings is 1. The number of benzene rings is 2. The lowest BCUT2D eigenvalue weighted by atomic mass is 9.88. The molecule has 146 valence electrons. The Morgan fingerprint density at radius 1 is 1.11 bits per heavy atom. The van der Waals surface area contributed by atoms with Crippen molar-refractivity contribution in [1.82, 2.24) is 10.3 Å². The Balaban J connectivity index is 1.40. The maximum Gasteiger partial charge on any atom is 0.387 e. The van der Waals surface area contributed by atoms with Crippen LogP contribution >= 0.6 is 0 Å². The minimum absolute atomic E-state index is 0.0520. The molecule has 0 bridgehead atoms. The van der Waals surface area contributed by atoms with Gasteiger partial charge in [0.15, 0.2) is 0 Å². The normalized spacial score (nSPS) is 18.9. The second kappa shape index (κ2) is 8.06. The van der Waals surface area contributed by atoms with Gasteiger partial charge in [-0.25, -0.2) is 4.39 Å². The van der Waals surface area contributed by atoms with Crippen molar-refractivity contribution in [2.45, 2.75) is 38.1 Å². The first-order chi connectivity index (χ1) is 13.6. The Bertz CT molecular complexity index is 967. The van der Waals surface area contributed by atoms with Crippen molar-refractivity contribution in [1.29, 1.82) is 0 Å². The molecule has 0 unspecified atom stereocenters. The molecule has 1 aliphatic carbocycles. The molecule has 0 spiro atoms. The average molecular weight is 388 g/mol. The van der Waals surface area contributed by atoms with Crippen LogP contribution in [0.1, 0.15) is 18.4 Å². The van der Waals surface area contributed by atoms with Gasteiger partial charge in [0.05, 0.1) is 0 Å². The minimum Gasteiger partial charge on any atom is -0.489 e.